The van der Waals surface area contributed by atoms with Crippen LogP contribution in [0.25, 0.3) is 0 Å². The van der Waals surface area contributed by atoms with Gasteiger partial charge in [-0.1, -0.05) is 0 Å². The molecule has 84 valence electrons. The summed E-state index contributed by atoms with van der Waals surface area (Å²) in [5.74, 6) is -1.48. The molecule has 1 heterocycles. The first-order valence-electron chi connectivity index (χ1n) is 3.92. The van der Waals surface area contributed by atoms with Gasteiger partial charge in [-0.15, -0.1) is 0 Å². The molecule has 0 bridgehead atoms. The fourth-order valence-corrected chi connectivity index (χ4v) is 0.877. The molecular weight excluding hydrogens is 215 g/mol. The zero-order chi connectivity index (χ0) is 11.9. The van der Waals surface area contributed by atoms with Crippen LogP contribution in [-0.2, 0) is 11.8 Å². The van der Waals surface area contributed by atoms with Crippen molar-refractivity contribution in [3.63, 3.8) is 0 Å². The second-order valence-corrected chi connectivity index (χ2v) is 3.41. The number of hydrogen-bond donors (Lipinski definition) is 1. The van der Waals surface area contributed by atoms with Gasteiger partial charge in [0.05, 0.1) is 0 Å². The van der Waals surface area contributed by atoms with Crippen LogP contribution in [0.2, 0.25) is 0 Å². The Morgan fingerprint density at radius 3 is 2.20 bits per heavy atom. The minimum absolute atomic E-state index is 0.0922. The summed E-state index contributed by atoms with van der Waals surface area (Å²) < 4.78 is 41.3. The number of alkyl halides is 3. The van der Waals surface area contributed by atoms with E-state index in [2.05, 4.69) is 9.40 Å². The van der Waals surface area contributed by atoms with E-state index in [9.17, 15) is 23.1 Å². The lowest BCUT2D eigenvalue weighted by Crippen LogP contribution is -2.16. The molecule has 0 saturated heterocycles. The van der Waals surface area contributed by atoms with Gasteiger partial charge in [-0.3, -0.25) is 4.79 Å². The molecule has 1 N–H and O–H groups in total. The van der Waals surface area contributed by atoms with E-state index < -0.39 is 29.1 Å². The van der Waals surface area contributed by atoms with Crippen molar-refractivity contribution in [1.29, 1.82) is 0 Å². The molecule has 4 nitrogen and oxygen atoms in total. The third kappa shape index (κ3) is 2.35. The molecule has 0 unspecified atom stereocenters. The van der Waals surface area contributed by atoms with Crippen molar-refractivity contribution >= 4 is 6.29 Å². The first-order valence-corrected chi connectivity index (χ1v) is 3.92. The molecule has 0 atom stereocenters. The Kier molecular flexibility index (Phi) is 2.60. The maximum Gasteiger partial charge on any atom is 0.437 e. The number of carbonyl (C=O) groups excluding carboxylic acids is 1. The minimum Gasteiger partial charge on any atom is -0.434 e. The van der Waals surface area contributed by atoms with Crippen LogP contribution in [0.1, 0.15) is 36.0 Å². The lowest BCUT2D eigenvalue weighted by atomic mass is 10.1. The average Bonchev–Trinajstić information content (AvgIpc) is 2.44. The molecule has 0 radical (unpaired) electrons. The molecule has 0 aliphatic rings. The maximum atomic E-state index is 12.3. The maximum absolute atomic E-state index is 12.3. The van der Waals surface area contributed by atoms with Crippen molar-refractivity contribution in [3.8, 4) is 0 Å². The topological polar surface area (TPSA) is 63.3 Å². The van der Waals surface area contributed by atoms with Gasteiger partial charge < -0.3 is 9.52 Å². The molecule has 7 heteroatoms. The summed E-state index contributed by atoms with van der Waals surface area (Å²) in [6.07, 6.45) is -4.87. The molecule has 1 aromatic heterocycles. The average molecular weight is 223 g/mol. The molecule has 1 aromatic rings. The van der Waals surface area contributed by atoms with E-state index in [0.717, 1.165) is 0 Å². The highest BCUT2D eigenvalue weighted by Crippen LogP contribution is 2.33. The van der Waals surface area contributed by atoms with Crippen LogP contribution >= 0.6 is 0 Å². The summed E-state index contributed by atoms with van der Waals surface area (Å²) in [6, 6.07) is 0. The minimum atomic E-state index is -4.77. The fourth-order valence-electron chi connectivity index (χ4n) is 0.877. The first kappa shape index (κ1) is 11.7. The standard InChI is InChI=1S/C8H8F3NO3/c1-7(2,14)6-12-5(8(9,10)11)4(3-13)15-6/h3,14H,1-2H3. The van der Waals surface area contributed by atoms with Crippen molar-refractivity contribution in [3.05, 3.63) is 17.3 Å². The molecular formula is C8H8F3NO3. The number of aromatic nitrogens is 1. The summed E-state index contributed by atoms with van der Waals surface area (Å²) in [5.41, 5.74) is -3.09. The zero-order valence-electron chi connectivity index (χ0n) is 7.92. The van der Waals surface area contributed by atoms with E-state index in [1.807, 2.05) is 0 Å². The predicted molar refractivity (Wildman–Crippen MR) is 42.1 cm³/mol. The summed E-state index contributed by atoms with van der Waals surface area (Å²) >= 11 is 0. The molecule has 0 fully saturated rings. The van der Waals surface area contributed by atoms with Gasteiger partial charge in [0.1, 0.15) is 5.60 Å². The van der Waals surface area contributed by atoms with Crippen LogP contribution in [0.5, 0.6) is 0 Å². The van der Waals surface area contributed by atoms with E-state index in [0.29, 0.717) is 0 Å². The molecule has 0 spiro atoms. The van der Waals surface area contributed by atoms with E-state index >= 15 is 0 Å². The Balaban J connectivity index is 3.30. The number of nitrogens with zero attached hydrogens (tertiary/aromatic N) is 1. The molecule has 15 heavy (non-hydrogen) atoms. The van der Waals surface area contributed by atoms with Crippen LogP contribution in [-0.4, -0.2) is 16.4 Å². The van der Waals surface area contributed by atoms with Crippen LogP contribution in [0.3, 0.4) is 0 Å². The Morgan fingerprint density at radius 1 is 1.40 bits per heavy atom. The van der Waals surface area contributed by atoms with Gasteiger partial charge >= 0.3 is 6.18 Å². The number of hydrogen-bond acceptors (Lipinski definition) is 4. The quantitative estimate of drug-likeness (QED) is 0.775. The zero-order valence-corrected chi connectivity index (χ0v) is 7.92. The fraction of sp³-hybridized carbons (Fsp3) is 0.500. The van der Waals surface area contributed by atoms with E-state index in [4.69, 9.17) is 0 Å². The van der Waals surface area contributed by atoms with Gasteiger partial charge in [0.25, 0.3) is 0 Å². The van der Waals surface area contributed by atoms with Crippen molar-refractivity contribution in [1.82, 2.24) is 4.98 Å². The van der Waals surface area contributed by atoms with Gasteiger partial charge in [-0.05, 0) is 13.8 Å². The predicted octanol–water partition coefficient (Wildman–Crippen LogP) is 1.73. The van der Waals surface area contributed by atoms with Gasteiger partial charge in [-0.2, -0.15) is 13.2 Å². The SMILES string of the molecule is CC(C)(O)c1nc(C(F)(F)F)c(C=O)o1. The number of aldehydes is 1. The molecule has 0 aromatic carbocycles. The number of carbonyl (C=O) groups is 1. The molecule has 0 aliphatic carbocycles. The summed E-state index contributed by atoms with van der Waals surface area (Å²) in [6.45, 7) is 2.40. The van der Waals surface area contributed by atoms with E-state index in [1.54, 1.807) is 0 Å². The van der Waals surface area contributed by atoms with E-state index in [-0.39, 0.29) is 6.29 Å². The second kappa shape index (κ2) is 3.34. The molecule has 1 rings (SSSR count). The normalized spacial score (nSPS) is 12.9. The highest BCUT2D eigenvalue weighted by Gasteiger charge is 2.40. The van der Waals surface area contributed by atoms with Crippen LogP contribution in [0.4, 0.5) is 13.2 Å². The monoisotopic (exact) mass is 223 g/mol. The third-order valence-electron chi connectivity index (χ3n) is 1.55. The Morgan fingerprint density at radius 2 is 1.93 bits per heavy atom. The lowest BCUT2D eigenvalue weighted by Gasteiger charge is -2.10. The molecule has 0 aliphatic heterocycles. The van der Waals surface area contributed by atoms with Gasteiger partial charge in [0.2, 0.25) is 5.89 Å². The Bertz CT molecular complexity index is 375. The lowest BCUT2D eigenvalue weighted by molar-refractivity contribution is -0.141. The summed E-state index contributed by atoms with van der Waals surface area (Å²) in [5, 5.41) is 9.35. The summed E-state index contributed by atoms with van der Waals surface area (Å²) in [4.78, 5) is 13.3. The molecule has 0 amide bonds. The van der Waals surface area contributed by atoms with Gasteiger partial charge in [0, 0.05) is 0 Å². The van der Waals surface area contributed by atoms with Crippen molar-refractivity contribution in [2.45, 2.75) is 25.6 Å². The van der Waals surface area contributed by atoms with Crippen molar-refractivity contribution in [2.75, 3.05) is 0 Å². The van der Waals surface area contributed by atoms with E-state index in [1.165, 1.54) is 13.8 Å². The van der Waals surface area contributed by atoms with Crippen LogP contribution < -0.4 is 0 Å². The Hall–Kier alpha value is -1.37. The highest BCUT2D eigenvalue weighted by atomic mass is 19.4. The smallest absolute Gasteiger partial charge is 0.434 e. The van der Waals surface area contributed by atoms with Crippen LogP contribution in [0.15, 0.2) is 4.42 Å². The van der Waals surface area contributed by atoms with Crippen LogP contribution in [0, 0.1) is 0 Å². The third-order valence-corrected chi connectivity index (χ3v) is 1.55. The number of aliphatic hydroxyl groups is 1. The number of rotatable bonds is 2. The number of oxazole rings is 1. The second-order valence-electron chi connectivity index (χ2n) is 3.41. The van der Waals surface area contributed by atoms with Crippen molar-refractivity contribution in [2.24, 2.45) is 0 Å². The van der Waals surface area contributed by atoms with Crippen molar-refractivity contribution < 1.29 is 27.5 Å². The summed E-state index contributed by atoms with van der Waals surface area (Å²) in [7, 11) is 0. The number of halogens is 3. The Labute approximate surface area is 82.7 Å². The molecule has 0 saturated carbocycles. The largest absolute Gasteiger partial charge is 0.437 e. The van der Waals surface area contributed by atoms with Gasteiger partial charge in [0.15, 0.2) is 17.7 Å². The van der Waals surface area contributed by atoms with Gasteiger partial charge in [-0.25, -0.2) is 4.98 Å². The first-order chi connectivity index (χ1) is 6.66. The highest BCUT2D eigenvalue weighted by molar-refractivity contribution is 5.72.